The second kappa shape index (κ2) is 6.02. The number of carbonyl (C=O) groups is 1. The number of ketones is 1. The normalized spacial score (nSPS) is 9.88. The van der Waals surface area contributed by atoms with Crippen LogP contribution in [0.3, 0.4) is 0 Å². The van der Waals surface area contributed by atoms with Gasteiger partial charge in [-0.25, -0.2) is 4.98 Å². The highest BCUT2D eigenvalue weighted by Crippen LogP contribution is 2.11. The Morgan fingerprint density at radius 1 is 1.62 bits per heavy atom. The number of carbonyl (C=O) groups excluding carboxylic acids is 1. The van der Waals surface area contributed by atoms with Crippen LogP contribution in [0.2, 0.25) is 0 Å². The van der Waals surface area contributed by atoms with E-state index < -0.39 is 0 Å². The van der Waals surface area contributed by atoms with E-state index in [9.17, 15) is 4.79 Å². The molecule has 1 N–H and O–H groups in total. The third-order valence-corrected chi connectivity index (χ3v) is 2.20. The molecule has 0 unspecified atom stereocenters. The standard InChI is InChI=1S/C12H16N2O2/c1-3-6-14(7-8-15)12-5-4-11(9-13-12)10(2)16/h3-5,9,15H,1,6-8H2,2H3. The van der Waals surface area contributed by atoms with Crippen molar-refractivity contribution >= 4 is 11.6 Å². The number of nitrogens with zero attached hydrogens (tertiary/aromatic N) is 2. The minimum atomic E-state index is -0.00326. The Kier molecular flexibility index (Phi) is 4.66. The van der Waals surface area contributed by atoms with Gasteiger partial charge in [-0.1, -0.05) is 6.08 Å². The molecule has 0 aromatic carbocycles. The zero-order chi connectivity index (χ0) is 12.0. The minimum Gasteiger partial charge on any atom is -0.395 e. The van der Waals surface area contributed by atoms with Crippen LogP contribution in [0, 0.1) is 0 Å². The smallest absolute Gasteiger partial charge is 0.161 e. The Morgan fingerprint density at radius 2 is 2.38 bits per heavy atom. The second-order valence-electron chi connectivity index (χ2n) is 3.42. The van der Waals surface area contributed by atoms with Crippen LogP contribution in [-0.4, -0.2) is 35.6 Å². The van der Waals surface area contributed by atoms with Crippen LogP contribution >= 0.6 is 0 Å². The third kappa shape index (κ3) is 3.17. The summed E-state index contributed by atoms with van der Waals surface area (Å²) in [6.45, 7) is 6.33. The van der Waals surface area contributed by atoms with E-state index in [0.29, 0.717) is 18.7 Å². The molecule has 0 radical (unpaired) electrons. The molecule has 1 aromatic rings. The van der Waals surface area contributed by atoms with Gasteiger partial charge in [0.2, 0.25) is 0 Å². The molecule has 0 bridgehead atoms. The lowest BCUT2D eigenvalue weighted by Gasteiger charge is -2.20. The molecule has 16 heavy (non-hydrogen) atoms. The van der Waals surface area contributed by atoms with Gasteiger partial charge in [0.1, 0.15) is 5.82 Å². The molecular weight excluding hydrogens is 204 g/mol. The number of pyridine rings is 1. The maximum atomic E-state index is 11.1. The molecule has 4 heteroatoms. The third-order valence-electron chi connectivity index (χ3n) is 2.20. The lowest BCUT2D eigenvalue weighted by molar-refractivity contribution is 0.101. The first kappa shape index (κ1) is 12.4. The molecule has 0 aliphatic carbocycles. The summed E-state index contributed by atoms with van der Waals surface area (Å²) in [6.07, 6.45) is 3.29. The lowest BCUT2D eigenvalue weighted by atomic mass is 10.2. The average molecular weight is 220 g/mol. The van der Waals surface area contributed by atoms with E-state index in [2.05, 4.69) is 11.6 Å². The summed E-state index contributed by atoms with van der Waals surface area (Å²) in [5.74, 6) is 0.732. The highest BCUT2D eigenvalue weighted by Gasteiger charge is 2.06. The summed E-state index contributed by atoms with van der Waals surface area (Å²) in [5.41, 5.74) is 0.589. The zero-order valence-electron chi connectivity index (χ0n) is 9.39. The van der Waals surface area contributed by atoms with Crippen LogP contribution in [-0.2, 0) is 0 Å². The van der Waals surface area contributed by atoms with Gasteiger partial charge >= 0.3 is 0 Å². The Hall–Kier alpha value is -1.68. The van der Waals surface area contributed by atoms with Gasteiger partial charge in [0, 0.05) is 24.8 Å². The summed E-state index contributed by atoms with van der Waals surface area (Å²) in [7, 11) is 0. The summed E-state index contributed by atoms with van der Waals surface area (Å²) in [4.78, 5) is 17.1. The molecule has 0 atom stereocenters. The monoisotopic (exact) mass is 220 g/mol. The topological polar surface area (TPSA) is 53.4 Å². The van der Waals surface area contributed by atoms with Crippen molar-refractivity contribution in [3.8, 4) is 0 Å². The quantitative estimate of drug-likeness (QED) is 0.579. The van der Waals surface area contributed by atoms with Crippen molar-refractivity contribution in [1.29, 1.82) is 0 Å². The summed E-state index contributed by atoms with van der Waals surface area (Å²) in [6, 6.07) is 3.51. The Balaban J connectivity index is 2.84. The number of anilines is 1. The van der Waals surface area contributed by atoms with Gasteiger partial charge in [0.25, 0.3) is 0 Å². The van der Waals surface area contributed by atoms with Crippen molar-refractivity contribution in [2.45, 2.75) is 6.92 Å². The van der Waals surface area contributed by atoms with Crippen LogP contribution in [0.15, 0.2) is 31.0 Å². The van der Waals surface area contributed by atoms with Crippen LogP contribution in [0.25, 0.3) is 0 Å². The number of aliphatic hydroxyl groups excluding tert-OH is 1. The van der Waals surface area contributed by atoms with Crippen molar-refractivity contribution < 1.29 is 9.90 Å². The molecule has 86 valence electrons. The first-order chi connectivity index (χ1) is 7.69. The molecule has 1 heterocycles. The van der Waals surface area contributed by atoms with Crippen LogP contribution in [0.4, 0.5) is 5.82 Å². The fourth-order valence-corrected chi connectivity index (χ4v) is 1.36. The van der Waals surface area contributed by atoms with Gasteiger partial charge in [-0.3, -0.25) is 4.79 Å². The van der Waals surface area contributed by atoms with E-state index in [0.717, 1.165) is 5.82 Å². The molecule has 0 saturated carbocycles. The number of Topliss-reactive ketones (excluding diaryl/α,β-unsaturated/α-hetero) is 1. The Bertz CT molecular complexity index is 360. The summed E-state index contributed by atoms with van der Waals surface area (Å²) in [5, 5.41) is 8.91. The minimum absolute atomic E-state index is 0.00326. The lowest BCUT2D eigenvalue weighted by Crippen LogP contribution is -2.27. The van der Waals surface area contributed by atoms with E-state index in [4.69, 9.17) is 5.11 Å². The van der Waals surface area contributed by atoms with Crippen LogP contribution in [0.1, 0.15) is 17.3 Å². The average Bonchev–Trinajstić information content (AvgIpc) is 2.29. The van der Waals surface area contributed by atoms with Crippen molar-refractivity contribution in [2.75, 3.05) is 24.6 Å². The fourth-order valence-electron chi connectivity index (χ4n) is 1.36. The van der Waals surface area contributed by atoms with Crippen LogP contribution in [0.5, 0.6) is 0 Å². The Labute approximate surface area is 95.2 Å². The van der Waals surface area contributed by atoms with Gasteiger partial charge in [-0.15, -0.1) is 6.58 Å². The van der Waals surface area contributed by atoms with Crippen molar-refractivity contribution in [3.05, 3.63) is 36.5 Å². The van der Waals surface area contributed by atoms with Crippen molar-refractivity contribution in [2.24, 2.45) is 0 Å². The highest BCUT2D eigenvalue weighted by molar-refractivity contribution is 5.93. The van der Waals surface area contributed by atoms with Gasteiger partial charge in [0.05, 0.1) is 6.61 Å². The Morgan fingerprint density at radius 3 is 2.81 bits per heavy atom. The molecule has 0 aliphatic heterocycles. The van der Waals surface area contributed by atoms with Gasteiger partial charge in [-0.2, -0.15) is 0 Å². The molecular formula is C12H16N2O2. The zero-order valence-corrected chi connectivity index (χ0v) is 9.39. The fraction of sp³-hybridized carbons (Fsp3) is 0.333. The molecule has 0 fully saturated rings. The summed E-state index contributed by atoms with van der Waals surface area (Å²) >= 11 is 0. The molecule has 0 amide bonds. The maximum absolute atomic E-state index is 11.1. The van der Waals surface area contributed by atoms with E-state index in [-0.39, 0.29) is 12.4 Å². The maximum Gasteiger partial charge on any atom is 0.161 e. The van der Waals surface area contributed by atoms with Crippen LogP contribution < -0.4 is 4.90 Å². The van der Waals surface area contributed by atoms with E-state index in [1.54, 1.807) is 24.4 Å². The molecule has 0 saturated heterocycles. The van der Waals surface area contributed by atoms with E-state index >= 15 is 0 Å². The SMILES string of the molecule is C=CCN(CCO)c1ccc(C(C)=O)cn1. The second-order valence-corrected chi connectivity index (χ2v) is 3.42. The summed E-state index contributed by atoms with van der Waals surface area (Å²) < 4.78 is 0. The largest absolute Gasteiger partial charge is 0.395 e. The van der Waals surface area contributed by atoms with Gasteiger partial charge in [0.15, 0.2) is 5.78 Å². The number of hydrogen-bond donors (Lipinski definition) is 1. The number of aliphatic hydroxyl groups is 1. The molecule has 4 nitrogen and oxygen atoms in total. The van der Waals surface area contributed by atoms with E-state index in [1.165, 1.54) is 6.92 Å². The predicted octanol–water partition coefficient (Wildman–Crippen LogP) is 1.27. The van der Waals surface area contributed by atoms with E-state index in [1.807, 2.05) is 4.90 Å². The molecule has 1 rings (SSSR count). The number of aromatic nitrogens is 1. The van der Waals surface area contributed by atoms with Crippen molar-refractivity contribution in [1.82, 2.24) is 4.98 Å². The predicted molar refractivity (Wildman–Crippen MR) is 63.7 cm³/mol. The molecule has 0 spiro atoms. The van der Waals surface area contributed by atoms with Crippen molar-refractivity contribution in [3.63, 3.8) is 0 Å². The number of hydrogen-bond acceptors (Lipinski definition) is 4. The van der Waals surface area contributed by atoms with Gasteiger partial charge < -0.3 is 10.0 Å². The first-order valence-corrected chi connectivity index (χ1v) is 5.12. The molecule has 0 aliphatic rings. The highest BCUT2D eigenvalue weighted by atomic mass is 16.3. The molecule has 1 aromatic heterocycles. The first-order valence-electron chi connectivity index (χ1n) is 5.12. The van der Waals surface area contributed by atoms with Gasteiger partial charge in [-0.05, 0) is 19.1 Å². The number of rotatable bonds is 6.